The van der Waals surface area contributed by atoms with Gasteiger partial charge in [0.15, 0.2) is 0 Å². The molecule has 0 bridgehead atoms. The van der Waals surface area contributed by atoms with Crippen LogP contribution in [0.3, 0.4) is 0 Å². The van der Waals surface area contributed by atoms with Crippen LogP contribution in [0.1, 0.15) is 62.0 Å². The molecule has 21 heavy (non-hydrogen) atoms. The van der Waals surface area contributed by atoms with Gasteiger partial charge in [-0.1, -0.05) is 6.92 Å². The van der Waals surface area contributed by atoms with Gasteiger partial charge < -0.3 is 9.67 Å². The predicted octanol–water partition coefficient (Wildman–Crippen LogP) is 2.13. The third kappa shape index (κ3) is 2.60. The molecule has 7 heteroatoms. The highest BCUT2D eigenvalue weighted by atomic mass is 32.2. The topological polar surface area (TPSA) is 88.4 Å². The Labute approximate surface area is 124 Å². The minimum absolute atomic E-state index is 0.0528. The van der Waals surface area contributed by atoms with Gasteiger partial charge in [-0.05, 0) is 44.6 Å². The van der Waals surface area contributed by atoms with Crippen LogP contribution in [0.4, 0.5) is 0 Å². The molecule has 0 unspecified atom stereocenters. The number of nitrogens with zero attached hydrogens (tertiary/aromatic N) is 1. The van der Waals surface area contributed by atoms with E-state index in [1.807, 2.05) is 6.92 Å². The van der Waals surface area contributed by atoms with Crippen LogP contribution in [0.2, 0.25) is 0 Å². The molecule has 116 valence electrons. The highest BCUT2D eigenvalue weighted by Crippen LogP contribution is 2.39. The van der Waals surface area contributed by atoms with E-state index in [0.717, 1.165) is 38.5 Å². The first kappa shape index (κ1) is 14.6. The van der Waals surface area contributed by atoms with Crippen LogP contribution in [0.5, 0.6) is 0 Å². The largest absolute Gasteiger partial charge is 0.477 e. The van der Waals surface area contributed by atoms with Crippen LogP contribution >= 0.6 is 0 Å². The molecule has 2 saturated carbocycles. The van der Waals surface area contributed by atoms with Crippen LogP contribution in [-0.2, 0) is 10.0 Å². The Morgan fingerprint density at radius 1 is 1.48 bits per heavy atom. The Kier molecular flexibility index (Phi) is 3.37. The van der Waals surface area contributed by atoms with E-state index in [-0.39, 0.29) is 22.2 Å². The lowest BCUT2D eigenvalue weighted by atomic mass is 9.76. The number of hydrogen-bond acceptors (Lipinski definition) is 3. The Morgan fingerprint density at radius 2 is 2.14 bits per heavy atom. The molecule has 2 aliphatic rings. The zero-order valence-corrected chi connectivity index (χ0v) is 12.8. The van der Waals surface area contributed by atoms with Crippen LogP contribution in [0, 0.1) is 0 Å². The molecule has 2 N–H and O–H groups in total. The van der Waals surface area contributed by atoms with Gasteiger partial charge in [0.2, 0.25) is 10.0 Å². The average molecular weight is 312 g/mol. The number of sulfonamides is 1. The van der Waals surface area contributed by atoms with Crippen LogP contribution < -0.4 is 4.72 Å². The fourth-order valence-corrected chi connectivity index (χ4v) is 4.46. The zero-order chi connectivity index (χ0) is 15.3. The van der Waals surface area contributed by atoms with Crippen molar-refractivity contribution < 1.29 is 18.3 Å². The van der Waals surface area contributed by atoms with Crippen LogP contribution in [0.15, 0.2) is 17.2 Å². The lowest BCUT2D eigenvalue weighted by Crippen LogP contribution is -2.52. The van der Waals surface area contributed by atoms with E-state index in [2.05, 4.69) is 4.72 Å². The summed E-state index contributed by atoms with van der Waals surface area (Å²) in [7, 11) is -3.67. The van der Waals surface area contributed by atoms with Gasteiger partial charge in [0.25, 0.3) is 0 Å². The lowest BCUT2D eigenvalue weighted by molar-refractivity contribution is 0.0685. The maximum Gasteiger partial charge on any atom is 0.352 e. The number of carbonyl (C=O) groups is 1. The first-order valence-electron chi connectivity index (χ1n) is 7.36. The van der Waals surface area contributed by atoms with Gasteiger partial charge >= 0.3 is 5.97 Å². The van der Waals surface area contributed by atoms with Crippen molar-refractivity contribution in [3.8, 4) is 0 Å². The SMILES string of the molecule is CCC1(NS(=O)(=O)c2cc(C(=O)O)n(C3CC3)c2)CCC1. The van der Waals surface area contributed by atoms with E-state index in [1.54, 1.807) is 4.57 Å². The molecule has 6 nitrogen and oxygen atoms in total. The summed E-state index contributed by atoms with van der Waals surface area (Å²) in [5.74, 6) is -1.09. The molecule has 2 fully saturated rings. The van der Waals surface area contributed by atoms with Crippen molar-refractivity contribution in [2.75, 3.05) is 0 Å². The smallest absolute Gasteiger partial charge is 0.352 e. The van der Waals surface area contributed by atoms with Gasteiger partial charge in [0, 0.05) is 17.8 Å². The molecule has 0 saturated heterocycles. The van der Waals surface area contributed by atoms with E-state index in [0.29, 0.717) is 0 Å². The van der Waals surface area contributed by atoms with Gasteiger partial charge in [-0.15, -0.1) is 0 Å². The first-order valence-corrected chi connectivity index (χ1v) is 8.84. The Morgan fingerprint density at radius 3 is 2.57 bits per heavy atom. The number of carboxylic acids is 1. The molecule has 0 aromatic carbocycles. The van der Waals surface area contributed by atoms with Crippen molar-refractivity contribution in [3.05, 3.63) is 18.0 Å². The zero-order valence-electron chi connectivity index (χ0n) is 12.0. The van der Waals surface area contributed by atoms with E-state index in [4.69, 9.17) is 0 Å². The second-order valence-corrected chi connectivity index (χ2v) is 7.78. The lowest BCUT2D eigenvalue weighted by Gasteiger charge is -2.41. The molecule has 3 rings (SSSR count). The van der Waals surface area contributed by atoms with E-state index in [9.17, 15) is 18.3 Å². The van der Waals surface area contributed by atoms with E-state index in [1.165, 1.54) is 12.3 Å². The summed E-state index contributed by atoms with van der Waals surface area (Å²) < 4.78 is 29.4. The molecular formula is C14H20N2O4S. The highest BCUT2D eigenvalue weighted by molar-refractivity contribution is 7.89. The fraction of sp³-hybridized carbons (Fsp3) is 0.643. The van der Waals surface area contributed by atoms with Crippen molar-refractivity contribution in [2.45, 2.75) is 61.9 Å². The summed E-state index contributed by atoms with van der Waals surface area (Å²) in [6, 6.07) is 1.40. The molecule has 2 aliphatic carbocycles. The molecule has 0 spiro atoms. The number of aromatic nitrogens is 1. The van der Waals surface area contributed by atoms with Gasteiger partial charge in [0.1, 0.15) is 10.6 Å². The maximum atomic E-state index is 12.5. The Bertz CT molecular complexity index is 664. The molecule has 1 aromatic heterocycles. The van der Waals surface area contributed by atoms with Crippen LogP contribution in [0.25, 0.3) is 0 Å². The fourth-order valence-electron chi connectivity index (χ4n) is 2.90. The van der Waals surface area contributed by atoms with Gasteiger partial charge in [0.05, 0.1) is 0 Å². The maximum absolute atomic E-state index is 12.5. The Hall–Kier alpha value is -1.34. The standard InChI is InChI=1S/C14H20N2O4S/c1-2-14(6-3-7-14)15-21(19,20)11-8-12(13(17)18)16(9-11)10-4-5-10/h8-10,15H,2-7H2,1H3,(H,17,18). The second kappa shape index (κ2) is 4.84. The van der Waals surface area contributed by atoms with Crippen molar-refractivity contribution in [3.63, 3.8) is 0 Å². The third-order valence-corrected chi connectivity index (χ3v) is 6.18. The van der Waals surface area contributed by atoms with Crippen molar-refractivity contribution >= 4 is 16.0 Å². The third-order valence-electron chi connectivity index (χ3n) is 4.63. The van der Waals surface area contributed by atoms with Gasteiger partial charge in [-0.25, -0.2) is 17.9 Å². The molecule has 0 aliphatic heterocycles. The van der Waals surface area contributed by atoms with Gasteiger partial charge in [-0.2, -0.15) is 0 Å². The van der Waals surface area contributed by atoms with E-state index >= 15 is 0 Å². The Balaban J connectivity index is 1.92. The minimum Gasteiger partial charge on any atom is -0.477 e. The second-order valence-electron chi connectivity index (χ2n) is 6.10. The molecule has 0 radical (unpaired) electrons. The molecule has 1 heterocycles. The van der Waals surface area contributed by atoms with Crippen molar-refractivity contribution in [1.29, 1.82) is 0 Å². The number of carboxylic acid groups (broad SMARTS) is 1. The summed E-state index contributed by atoms with van der Waals surface area (Å²) in [6.45, 7) is 1.97. The number of aromatic carboxylic acids is 1. The summed E-state index contributed by atoms with van der Waals surface area (Å²) in [6.07, 6.45) is 6.74. The number of nitrogens with one attached hydrogen (secondary N) is 1. The summed E-state index contributed by atoms with van der Waals surface area (Å²) >= 11 is 0. The van der Waals surface area contributed by atoms with Crippen molar-refractivity contribution in [2.24, 2.45) is 0 Å². The molecule has 1 aromatic rings. The number of rotatable bonds is 6. The molecule has 0 amide bonds. The predicted molar refractivity (Wildman–Crippen MR) is 76.9 cm³/mol. The highest BCUT2D eigenvalue weighted by Gasteiger charge is 2.40. The minimum atomic E-state index is -3.67. The molecular weight excluding hydrogens is 292 g/mol. The molecule has 0 atom stereocenters. The van der Waals surface area contributed by atoms with Crippen LogP contribution in [-0.4, -0.2) is 29.6 Å². The summed E-state index contributed by atoms with van der Waals surface area (Å²) in [5.41, 5.74) is -0.291. The summed E-state index contributed by atoms with van der Waals surface area (Å²) in [4.78, 5) is 11.3. The van der Waals surface area contributed by atoms with Crippen molar-refractivity contribution in [1.82, 2.24) is 9.29 Å². The quantitative estimate of drug-likeness (QED) is 0.842. The normalized spacial score (nSPS) is 21.0. The van der Waals surface area contributed by atoms with Gasteiger partial charge in [-0.3, -0.25) is 0 Å². The monoisotopic (exact) mass is 312 g/mol. The first-order chi connectivity index (χ1) is 9.87. The average Bonchev–Trinajstić information content (AvgIpc) is 3.11. The number of hydrogen-bond donors (Lipinski definition) is 2. The summed E-state index contributed by atoms with van der Waals surface area (Å²) in [5, 5.41) is 9.22. The van der Waals surface area contributed by atoms with E-state index < -0.39 is 16.0 Å².